The maximum Gasteiger partial charge on any atom is 0.158 e. The molecule has 0 heterocycles. The third kappa shape index (κ3) is 3.40. The quantitative estimate of drug-likeness (QED) is 0.603. The molecule has 1 atom stereocenters. The fraction of sp³-hybridized carbons (Fsp3) is 0.471. The van der Waals surface area contributed by atoms with E-state index in [1.54, 1.807) is 7.11 Å². The molecule has 0 aliphatic heterocycles. The van der Waals surface area contributed by atoms with Crippen molar-refractivity contribution < 1.29 is 9.53 Å². The van der Waals surface area contributed by atoms with Crippen LogP contribution in [0.15, 0.2) is 29.8 Å². The van der Waals surface area contributed by atoms with E-state index >= 15 is 0 Å². The monoisotopic (exact) mass is 288 g/mol. The highest BCUT2D eigenvalue weighted by molar-refractivity contribution is 6.78. The lowest BCUT2D eigenvalue weighted by molar-refractivity contribution is -0.116. The van der Waals surface area contributed by atoms with Crippen LogP contribution in [0.4, 0.5) is 0 Å². The summed E-state index contributed by atoms with van der Waals surface area (Å²) in [7, 11) is 0.319. The van der Waals surface area contributed by atoms with Gasteiger partial charge >= 0.3 is 0 Å². The molecule has 2 rings (SSSR count). The van der Waals surface area contributed by atoms with Gasteiger partial charge in [-0.2, -0.15) is 0 Å². The molecule has 1 aliphatic carbocycles. The van der Waals surface area contributed by atoms with E-state index in [0.29, 0.717) is 17.7 Å². The fourth-order valence-electron chi connectivity index (χ4n) is 2.92. The van der Waals surface area contributed by atoms with Crippen LogP contribution in [-0.4, -0.2) is 21.0 Å². The van der Waals surface area contributed by atoms with Crippen molar-refractivity contribution in [2.24, 2.45) is 0 Å². The zero-order valence-electron chi connectivity index (χ0n) is 12.9. The van der Waals surface area contributed by atoms with Gasteiger partial charge in [-0.1, -0.05) is 31.8 Å². The first-order chi connectivity index (χ1) is 9.41. The Morgan fingerprint density at radius 3 is 2.40 bits per heavy atom. The van der Waals surface area contributed by atoms with Gasteiger partial charge in [0.2, 0.25) is 0 Å². The SMILES string of the molecule is COc1ccc(C=C2C(=O)CCCC2[Si](C)(C)C)cc1. The number of ketones is 1. The van der Waals surface area contributed by atoms with E-state index in [1.165, 1.54) is 6.42 Å². The molecule has 3 heteroatoms. The molecule has 1 aliphatic rings. The molecule has 0 N–H and O–H groups in total. The van der Waals surface area contributed by atoms with Crippen LogP contribution >= 0.6 is 0 Å². The molecule has 1 aromatic rings. The number of benzene rings is 1. The highest BCUT2D eigenvalue weighted by Gasteiger charge is 2.35. The molecule has 0 amide bonds. The minimum absolute atomic E-state index is 0.347. The lowest BCUT2D eigenvalue weighted by Crippen LogP contribution is -2.34. The Balaban J connectivity index is 2.33. The first-order valence-electron chi connectivity index (χ1n) is 7.30. The van der Waals surface area contributed by atoms with Crippen molar-refractivity contribution in [1.29, 1.82) is 0 Å². The highest BCUT2D eigenvalue weighted by atomic mass is 28.3. The van der Waals surface area contributed by atoms with Gasteiger partial charge in [0.15, 0.2) is 5.78 Å². The first kappa shape index (κ1) is 15.0. The number of hydrogen-bond acceptors (Lipinski definition) is 2. The third-order valence-corrected chi connectivity index (χ3v) is 6.77. The summed E-state index contributed by atoms with van der Waals surface area (Å²) >= 11 is 0. The van der Waals surface area contributed by atoms with Crippen molar-refractivity contribution in [3.63, 3.8) is 0 Å². The average molecular weight is 288 g/mol. The van der Waals surface area contributed by atoms with Gasteiger partial charge in [-0.15, -0.1) is 0 Å². The topological polar surface area (TPSA) is 26.3 Å². The molecule has 0 saturated heterocycles. The summed E-state index contributed by atoms with van der Waals surface area (Å²) in [5, 5.41) is 0. The number of hydrogen-bond donors (Lipinski definition) is 0. The maximum atomic E-state index is 12.3. The number of Topliss-reactive ketones (excluding diaryl/α,β-unsaturated/α-hetero) is 1. The van der Waals surface area contributed by atoms with E-state index in [-0.39, 0.29) is 0 Å². The second-order valence-corrected chi connectivity index (χ2v) is 12.0. The van der Waals surface area contributed by atoms with Crippen LogP contribution in [0.25, 0.3) is 6.08 Å². The van der Waals surface area contributed by atoms with Crippen LogP contribution in [0.5, 0.6) is 5.75 Å². The smallest absolute Gasteiger partial charge is 0.158 e. The Bertz CT molecular complexity index is 509. The van der Waals surface area contributed by atoms with Crippen molar-refractivity contribution in [2.75, 3.05) is 7.11 Å². The standard InChI is InChI=1S/C17H24O2Si/c1-19-14-10-8-13(9-11-14)12-15-16(18)6-5-7-17(15)20(2,3)4/h8-12,17H,5-7H2,1-4H3. The second kappa shape index (κ2) is 5.96. The Morgan fingerprint density at radius 2 is 1.85 bits per heavy atom. The predicted molar refractivity (Wildman–Crippen MR) is 86.9 cm³/mol. The average Bonchev–Trinajstić information content (AvgIpc) is 2.40. The summed E-state index contributed by atoms with van der Waals surface area (Å²) in [4.78, 5) is 12.3. The van der Waals surface area contributed by atoms with Crippen molar-refractivity contribution in [2.45, 2.75) is 44.4 Å². The maximum absolute atomic E-state index is 12.3. The molecule has 1 saturated carbocycles. The van der Waals surface area contributed by atoms with Gasteiger partial charge in [-0.05, 0) is 47.7 Å². The lowest BCUT2D eigenvalue weighted by atomic mass is 9.91. The summed E-state index contributed by atoms with van der Waals surface area (Å²) < 4.78 is 5.17. The van der Waals surface area contributed by atoms with E-state index < -0.39 is 8.07 Å². The van der Waals surface area contributed by atoms with Crippen LogP contribution in [0.3, 0.4) is 0 Å². The molecule has 1 fully saturated rings. The molecular formula is C17H24O2Si. The zero-order chi connectivity index (χ0) is 14.8. The number of methoxy groups -OCH3 is 1. The molecule has 20 heavy (non-hydrogen) atoms. The van der Waals surface area contributed by atoms with Crippen molar-refractivity contribution >= 4 is 19.9 Å². The van der Waals surface area contributed by atoms with Crippen molar-refractivity contribution in [3.8, 4) is 5.75 Å². The molecule has 1 aromatic carbocycles. The van der Waals surface area contributed by atoms with E-state index in [9.17, 15) is 4.79 Å². The number of ether oxygens (including phenoxy) is 1. The number of carbonyl (C=O) groups is 1. The van der Waals surface area contributed by atoms with Crippen LogP contribution in [0, 0.1) is 0 Å². The van der Waals surface area contributed by atoms with Crippen LogP contribution in [0.2, 0.25) is 25.2 Å². The van der Waals surface area contributed by atoms with Crippen LogP contribution in [0.1, 0.15) is 24.8 Å². The van der Waals surface area contributed by atoms with Gasteiger partial charge in [0, 0.05) is 6.42 Å². The van der Waals surface area contributed by atoms with E-state index in [2.05, 4.69) is 25.7 Å². The molecule has 0 aromatic heterocycles. The predicted octanol–water partition coefficient (Wildman–Crippen LogP) is 4.54. The lowest BCUT2D eigenvalue weighted by Gasteiger charge is -2.34. The largest absolute Gasteiger partial charge is 0.497 e. The van der Waals surface area contributed by atoms with Crippen molar-refractivity contribution in [3.05, 3.63) is 35.4 Å². The summed E-state index contributed by atoms with van der Waals surface area (Å²) in [6.07, 6.45) is 5.03. The van der Waals surface area contributed by atoms with Gasteiger partial charge in [-0.25, -0.2) is 0 Å². The van der Waals surface area contributed by atoms with Crippen LogP contribution < -0.4 is 4.74 Å². The van der Waals surface area contributed by atoms with Gasteiger partial charge < -0.3 is 4.74 Å². The highest BCUT2D eigenvalue weighted by Crippen LogP contribution is 2.40. The van der Waals surface area contributed by atoms with E-state index in [4.69, 9.17) is 4.74 Å². The molecule has 108 valence electrons. The summed E-state index contributed by atoms with van der Waals surface area (Å²) in [5.41, 5.74) is 2.64. The summed E-state index contributed by atoms with van der Waals surface area (Å²) in [6, 6.07) is 7.94. The first-order valence-corrected chi connectivity index (χ1v) is 10.9. The second-order valence-electron chi connectivity index (χ2n) is 6.61. The molecule has 2 nitrogen and oxygen atoms in total. The number of rotatable bonds is 3. The zero-order valence-corrected chi connectivity index (χ0v) is 13.9. The van der Waals surface area contributed by atoms with Gasteiger partial charge in [0.25, 0.3) is 0 Å². The molecule has 1 unspecified atom stereocenters. The summed E-state index contributed by atoms with van der Waals surface area (Å²) in [6.45, 7) is 7.08. The Labute approximate surface area is 122 Å². The molecule has 0 bridgehead atoms. The summed E-state index contributed by atoms with van der Waals surface area (Å²) in [5.74, 6) is 1.20. The molecule has 0 radical (unpaired) electrons. The molecule has 0 spiro atoms. The van der Waals surface area contributed by atoms with Crippen LogP contribution in [-0.2, 0) is 4.79 Å². The van der Waals surface area contributed by atoms with Gasteiger partial charge in [0.1, 0.15) is 5.75 Å². The van der Waals surface area contributed by atoms with E-state index in [0.717, 1.165) is 23.3 Å². The number of carbonyl (C=O) groups excluding carboxylic acids is 1. The van der Waals surface area contributed by atoms with E-state index in [1.807, 2.05) is 24.3 Å². The fourth-order valence-corrected chi connectivity index (χ4v) is 5.17. The van der Waals surface area contributed by atoms with Gasteiger partial charge in [0.05, 0.1) is 15.2 Å². The minimum atomic E-state index is -1.35. The normalized spacial score (nSPS) is 22.1. The minimum Gasteiger partial charge on any atom is -0.497 e. The Hall–Kier alpha value is -1.35. The molecular weight excluding hydrogens is 264 g/mol. The Kier molecular flexibility index (Phi) is 4.48. The Morgan fingerprint density at radius 1 is 1.20 bits per heavy atom. The third-order valence-electron chi connectivity index (χ3n) is 4.08. The van der Waals surface area contributed by atoms with Crippen molar-refractivity contribution in [1.82, 2.24) is 0 Å². The number of allylic oxidation sites excluding steroid dienone is 1. The van der Waals surface area contributed by atoms with Gasteiger partial charge in [-0.3, -0.25) is 4.79 Å².